The molecule has 0 atom stereocenters. The highest BCUT2D eigenvalue weighted by atomic mass is 19.2. The molecule has 2 aromatic carbocycles. The van der Waals surface area contributed by atoms with Crippen LogP contribution in [0.25, 0.3) is 6.08 Å². The van der Waals surface area contributed by atoms with Crippen molar-refractivity contribution in [2.24, 2.45) is 0 Å². The largest absolute Gasteiger partial charge is 0.338 e. The molecule has 0 unspecified atom stereocenters. The van der Waals surface area contributed by atoms with E-state index in [1.165, 1.54) is 18.2 Å². The molecule has 1 aliphatic rings. The van der Waals surface area contributed by atoms with E-state index in [-0.39, 0.29) is 11.8 Å². The monoisotopic (exact) mass is 382 g/mol. The first kappa shape index (κ1) is 19.5. The maximum absolute atomic E-state index is 13.3. The number of benzene rings is 2. The van der Waals surface area contributed by atoms with Gasteiger partial charge in [0.25, 0.3) is 5.91 Å². The number of rotatable bonds is 4. The number of hydrogen-bond acceptors (Lipinski definition) is 2. The van der Waals surface area contributed by atoms with Crippen molar-refractivity contribution in [2.45, 2.75) is 12.8 Å². The zero-order valence-electron chi connectivity index (χ0n) is 15.3. The van der Waals surface area contributed by atoms with Crippen LogP contribution in [0.3, 0.4) is 0 Å². The second-order valence-corrected chi connectivity index (χ2v) is 6.54. The van der Waals surface area contributed by atoms with E-state index in [0.717, 1.165) is 11.6 Å². The van der Waals surface area contributed by atoms with E-state index in [2.05, 4.69) is 11.9 Å². The van der Waals surface area contributed by atoms with Gasteiger partial charge in [-0.1, -0.05) is 30.4 Å². The molecule has 144 valence electrons. The summed E-state index contributed by atoms with van der Waals surface area (Å²) in [5.74, 6) is -2.18. The molecule has 1 aliphatic heterocycles. The number of anilines is 1. The second-order valence-electron chi connectivity index (χ2n) is 6.54. The molecule has 0 spiro atoms. The summed E-state index contributed by atoms with van der Waals surface area (Å²) >= 11 is 0. The highest BCUT2D eigenvalue weighted by Crippen LogP contribution is 2.22. The molecule has 1 saturated heterocycles. The normalized spacial score (nSPS) is 13.8. The molecule has 0 bridgehead atoms. The Hall–Kier alpha value is -3.28. The quantitative estimate of drug-likeness (QED) is 0.797. The Morgan fingerprint density at radius 3 is 2.46 bits per heavy atom. The van der Waals surface area contributed by atoms with Crippen molar-refractivity contribution in [1.29, 1.82) is 0 Å². The molecule has 0 aromatic heterocycles. The fourth-order valence-electron chi connectivity index (χ4n) is 3.09. The van der Waals surface area contributed by atoms with Crippen LogP contribution in [0.4, 0.5) is 14.5 Å². The van der Waals surface area contributed by atoms with Crippen molar-refractivity contribution in [2.75, 3.05) is 18.4 Å². The van der Waals surface area contributed by atoms with Gasteiger partial charge in [-0.3, -0.25) is 9.59 Å². The summed E-state index contributed by atoms with van der Waals surface area (Å²) in [6, 6.07) is 10.6. The van der Waals surface area contributed by atoms with Gasteiger partial charge >= 0.3 is 0 Å². The SMILES string of the molecule is C=CC(=O)Nc1cccc(C(=O)N2CCC(=Cc3ccc(F)c(F)c3)CC2)c1. The number of likely N-dealkylation sites (tertiary alicyclic amines) is 1. The molecule has 1 N–H and O–H groups in total. The van der Waals surface area contributed by atoms with E-state index in [9.17, 15) is 18.4 Å². The second kappa shape index (κ2) is 8.61. The number of carbonyl (C=O) groups excluding carboxylic acids is 2. The van der Waals surface area contributed by atoms with E-state index in [1.807, 2.05) is 6.08 Å². The number of amides is 2. The summed E-state index contributed by atoms with van der Waals surface area (Å²) in [4.78, 5) is 25.9. The van der Waals surface area contributed by atoms with Gasteiger partial charge in [0.1, 0.15) is 0 Å². The maximum Gasteiger partial charge on any atom is 0.253 e. The summed E-state index contributed by atoms with van der Waals surface area (Å²) in [6.07, 6.45) is 4.34. The van der Waals surface area contributed by atoms with Crippen molar-refractivity contribution in [3.05, 3.63) is 83.5 Å². The summed E-state index contributed by atoms with van der Waals surface area (Å²) in [6.45, 7) is 4.48. The first-order valence-electron chi connectivity index (χ1n) is 8.93. The minimum absolute atomic E-state index is 0.110. The first-order valence-corrected chi connectivity index (χ1v) is 8.93. The molecule has 4 nitrogen and oxygen atoms in total. The molecule has 1 heterocycles. The minimum atomic E-state index is -0.870. The van der Waals surface area contributed by atoms with Crippen LogP contribution in [0.1, 0.15) is 28.8 Å². The van der Waals surface area contributed by atoms with Crippen LogP contribution in [0, 0.1) is 11.6 Å². The van der Waals surface area contributed by atoms with Gasteiger partial charge in [0, 0.05) is 24.3 Å². The average Bonchev–Trinajstić information content (AvgIpc) is 2.71. The van der Waals surface area contributed by atoms with Crippen molar-refractivity contribution < 1.29 is 18.4 Å². The van der Waals surface area contributed by atoms with Gasteiger partial charge in [-0.25, -0.2) is 8.78 Å². The van der Waals surface area contributed by atoms with Crippen LogP contribution in [0.5, 0.6) is 0 Å². The van der Waals surface area contributed by atoms with Crippen LogP contribution in [-0.4, -0.2) is 29.8 Å². The molecule has 28 heavy (non-hydrogen) atoms. The van der Waals surface area contributed by atoms with Gasteiger partial charge in [-0.15, -0.1) is 0 Å². The van der Waals surface area contributed by atoms with Gasteiger partial charge in [0.15, 0.2) is 11.6 Å². The number of halogens is 2. The number of hydrogen-bond donors (Lipinski definition) is 1. The van der Waals surface area contributed by atoms with E-state index < -0.39 is 11.6 Å². The fraction of sp³-hybridized carbons (Fsp3) is 0.182. The van der Waals surface area contributed by atoms with Gasteiger partial charge < -0.3 is 10.2 Å². The number of piperidine rings is 1. The van der Waals surface area contributed by atoms with Gasteiger partial charge in [0.2, 0.25) is 5.91 Å². The van der Waals surface area contributed by atoms with Crippen molar-refractivity contribution >= 4 is 23.6 Å². The highest BCUT2D eigenvalue weighted by molar-refractivity contribution is 6.00. The lowest BCUT2D eigenvalue weighted by Gasteiger charge is -2.28. The van der Waals surface area contributed by atoms with E-state index in [4.69, 9.17) is 0 Å². The van der Waals surface area contributed by atoms with Gasteiger partial charge in [-0.2, -0.15) is 0 Å². The van der Waals surface area contributed by atoms with Crippen molar-refractivity contribution in [1.82, 2.24) is 4.90 Å². The number of nitrogens with zero attached hydrogens (tertiary/aromatic N) is 1. The third-order valence-electron chi connectivity index (χ3n) is 4.57. The van der Waals surface area contributed by atoms with Crippen molar-refractivity contribution in [3.63, 3.8) is 0 Å². The third-order valence-corrected chi connectivity index (χ3v) is 4.57. The Balaban J connectivity index is 1.64. The smallest absolute Gasteiger partial charge is 0.253 e. The zero-order valence-corrected chi connectivity index (χ0v) is 15.3. The highest BCUT2D eigenvalue weighted by Gasteiger charge is 2.20. The number of carbonyl (C=O) groups is 2. The van der Waals surface area contributed by atoms with Crippen LogP contribution in [0.15, 0.2) is 60.7 Å². The summed E-state index contributed by atoms with van der Waals surface area (Å²) in [5.41, 5.74) is 2.72. The molecule has 2 aromatic rings. The Morgan fingerprint density at radius 2 is 1.79 bits per heavy atom. The van der Waals surface area contributed by atoms with Crippen LogP contribution < -0.4 is 5.32 Å². The molecule has 0 radical (unpaired) electrons. The van der Waals surface area contributed by atoms with E-state index >= 15 is 0 Å². The van der Waals surface area contributed by atoms with Gasteiger partial charge in [0.05, 0.1) is 0 Å². The molecule has 1 fully saturated rings. The first-order chi connectivity index (χ1) is 13.5. The Labute approximate surface area is 162 Å². The predicted molar refractivity (Wildman–Crippen MR) is 105 cm³/mol. The summed E-state index contributed by atoms with van der Waals surface area (Å²) < 4.78 is 26.4. The Morgan fingerprint density at radius 1 is 1.04 bits per heavy atom. The lowest BCUT2D eigenvalue weighted by molar-refractivity contribution is -0.111. The molecule has 3 rings (SSSR count). The Bertz CT molecular complexity index is 943. The molecular weight excluding hydrogens is 362 g/mol. The summed E-state index contributed by atoms with van der Waals surface area (Å²) in [5, 5.41) is 2.64. The third kappa shape index (κ3) is 4.71. The van der Waals surface area contributed by atoms with Crippen LogP contribution in [-0.2, 0) is 4.79 Å². The number of nitrogens with one attached hydrogen (secondary N) is 1. The topological polar surface area (TPSA) is 49.4 Å². The lowest BCUT2D eigenvalue weighted by Crippen LogP contribution is -2.36. The lowest BCUT2D eigenvalue weighted by atomic mass is 10.00. The van der Waals surface area contributed by atoms with Gasteiger partial charge in [-0.05, 0) is 54.8 Å². The van der Waals surface area contributed by atoms with Crippen molar-refractivity contribution in [3.8, 4) is 0 Å². The fourth-order valence-corrected chi connectivity index (χ4v) is 3.09. The van der Waals surface area contributed by atoms with E-state index in [0.29, 0.717) is 42.7 Å². The van der Waals surface area contributed by atoms with Crippen LogP contribution >= 0.6 is 0 Å². The predicted octanol–water partition coefficient (Wildman–Crippen LogP) is 4.41. The molecule has 6 heteroatoms. The summed E-state index contributed by atoms with van der Waals surface area (Å²) in [7, 11) is 0. The van der Waals surface area contributed by atoms with E-state index in [1.54, 1.807) is 29.2 Å². The minimum Gasteiger partial charge on any atom is -0.338 e. The standard InChI is InChI=1S/C22H20F2N2O2/c1-2-21(27)25-18-5-3-4-17(14-18)22(28)26-10-8-15(9-11-26)12-16-6-7-19(23)20(24)13-16/h2-7,12-14H,1,8-11H2,(H,25,27). The molecule has 0 saturated carbocycles. The molecule has 0 aliphatic carbocycles. The maximum atomic E-state index is 13.3. The average molecular weight is 382 g/mol. The molecular formula is C22H20F2N2O2. The molecule has 2 amide bonds. The Kier molecular flexibility index (Phi) is 5.99. The zero-order chi connectivity index (χ0) is 20.1. The van der Waals surface area contributed by atoms with Crippen LogP contribution in [0.2, 0.25) is 0 Å².